The van der Waals surface area contributed by atoms with Crippen LogP contribution in [0.1, 0.15) is 29.0 Å². The van der Waals surface area contributed by atoms with Crippen LogP contribution in [0.3, 0.4) is 0 Å². The number of pyridine rings is 2. The van der Waals surface area contributed by atoms with Crippen molar-refractivity contribution in [2.24, 2.45) is 5.92 Å². The molecule has 0 saturated carbocycles. The molecule has 0 spiro atoms. The first kappa shape index (κ1) is 22.9. The number of carbonyl (C=O) groups is 2. The number of aromatic amines is 2. The van der Waals surface area contributed by atoms with E-state index in [1.165, 1.54) is 13.3 Å². The van der Waals surface area contributed by atoms with E-state index in [4.69, 9.17) is 16.3 Å². The number of ether oxygens (including phenoxy) is 1. The van der Waals surface area contributed by atoms with E-state index in [0.29, 0.717) is 60.3 Å². The van der Waals surface area contributed by atoms with Crippen LogP contribution in [0.25, 0.3) is 22.2 Å². The monoisotopic (exact) mass is 493 g/mol. The van der Waals surface area contributed by atoms with Gasteiger partial charge >= 0.3 is 0 Å². The fourth-order valence-electron chi connectivity index (χ4n) is 4.23. The van der Waals surface area contributed by atoms with Gasteiger partial charge in [0.15, 0.2) is 5.69 Å². The van der Waals surface area contributed by atoms with Crippen molar-refractivity contribution in [3.63, 3.8) is 0 Å². The zero-order valence-electron chi connectivity index (χ0n) is 19.0. The number of likely N-dealkylation sites (tertiary alicyclic amines) is 1. The van der Waals surface area contributed by atoms with Gasteiger partial charge in [0.2, 0.25) is 11.8 Å². The first-order valence-corrected chi connectivity index (χ1v) is 11.6. The van der Waals surface area contributed by atoms with Crippen LogP contribution in [0.4, 0.5) is 0 Å². The van der Waals surface area contributed by atoms with Crippen molar-refractivity contribution in [2.45, 2.75) is 19.4 Å². The van der Waals surface area contributed by atoms with Crippen LogP contribution in [-0.4, -0.2) is 62.1 Å². The Hall–Kier alpha value is -3.92. The molecular formula is C24H24ClN7O3. The van der Waals surface area contributed by atoms with Crippen LogP contribution in [0.2, 0.25) is 5.02 Å². The highest BCUT2D eigenvalue weighted by Gasteiger charge is 2.29. The number of H-pyrrole nitrogens is 2. The second-order valence-corrected chi connectivity index (χ2v) is 8.81. The maximum absolute atomic E-state index is 13.0. The Kier molecular flexibility index (Phi) is 6.37. The van der Waals surface area contributed by atoms with E-state index >= 15 is 0 Å². The summed E-state index contributed by atoms with van der Waals surface area (Å²) < 4.78 is 5.15. The van der Waals surface area contributed by atoms with Gasteiger partial charge in [0.1, 0.15) is 0 Å². The number of hydrogen-bond acceptors (Lipinski definition) is 6. The van der Waals surface area contributed by atoms with Crippen LogP contribution < -0.4 is 10.1 Å². The Morgan fingerprint density at radius 1 is 1.20 bits per heavy atom. The smallest absolute Gasteiger partial charge is 0.274 e. The van der Waals surface area contributed by atoms with Crippen molar-refractivity contribution in [3.05, 3.63) is 59.3 Å². The highest BCUT2D eigenvalue weighted by Crippen LogP contribution is 2.29. The minimum absolute atomic E-state index is 0.0172. The molecular weight excluding hydrogens is 470 g/mol. The van der Waals surface area contributed by atoms with Crippen molar-refractivity contribution >= 4 is 34.3 Å². The fourth-order valence-corrected chi connectivity index (χ4v) is 4.43. The average molecular weight is 494 g/mol. The number of halogens is 1. The van der Waals surface area contributed by atoms with E-state index in [2.05, 4.69) is 30.5 Å². The highest BCUT2D eigenvalue weighted by molar-refractivity contribution is 6.33. The van der Waals surface area contributed by atoms with Gasteiger partial charge in [-0.25, -0.2) is 4.98 Å². The summed E-state index contributed by atoms with van der Waals surface area (Å²) in [6.45, 7) is 1.34. The molecule has 4 aromatic heterocycles. The molecule has 0 radical (unpaired) electrons. The molecule has 4 aromatic rings. The molecule has 5 rings (SSSR count). The maximum atomic E-state index is 13.0. The second kappa shape index (κ2) is 9.75. The Morgan fingerprint density at radius 2 is 2.03 bits per heavy atom. The number of fused-ring (bicyclic) bond motifs is 1. The largest absolute Gasteiger partial charge is 0.481 e. The number of nitrogens with zero attached hydrogens (tertiary/aromatic N) is 4. The Labute approximate surface area is 206 Å². The van der Waals surface area contributed by atoms with Crippen molar-refractivity contribution in [1.82, 2.24) is 35.4 Å². The summed E-state index contributed by atoms with van der Waals surface area (Å²) in [6, 6.07) is 7.27. The van der Waals surface area contributed by atoms with Crippen molar-refractivity contribution in [2.75, 3.05) is 20.2 Å². The topological polar surface area (TPSA) is 129 Å². The number of aromatic nitrogens is 5. The number of hydrogen-bond donors (Lipinski definition) is 3. The molecule has 3 N–H and O–H groups in total. The van der Waals surface area contributed by atoms with Gasteiger partial charge < -0.3 is 19.9 Å². The summed E-state index contributed by atoms with van der Waals surface area (Å²) in [5, 5.41) is 11.5. The van der Waals surface area contributed by atoms with Gasteiger partial charge in [-0.05, 0) is 31.0 Å². The molecule has 5 heterocycles. The second-order valence-electron chi connectivity index (χ2n) is 8.40. The lowest BCUT2D eigenvalue weighted by Gasteiger charge is -2.30. The van der Waals surface area contributed by atoms with Crippen LogP contribution in [0.5, 0.6) is 5.88 Å². The number of amides is 2. The van der Waals surface area contributed by atoms with Crippen LogP contribution in [-0.2, 0) is 11.3 Å². The lowest BCUT2D eigenvalue weighted by Crippen LogP contribution is -2.43. The molecule has 11 heteroatoms. The van der Waals surface area contributed by atoms with E-state index < -0.39 is 0 Å². The quantitative estimate of drug-likeness (QED) is 0.378. The number of methoxy groups -OCH3 is 1. The highest BCUT2D eigenvalue weighted by atomic mass is 35.5. The van der Waals surface area contributed by atoms with Gasteiger partial charge in [0, 0.05) is 42.2 Å². The van der Waals surface area contributed by atoms with E-state index in [-0.39, 0.29) is 17.7 Å². The van der Waals surface area contributed by atoms with Crippen molar-refractivity contribution in [3.8, 4) is 17.1 Å². The maximum Gasteiger partial charge on any atom is 0.274 e. The minimum Gasteiger partial charge on any atom is -0.481 e. The van der Waals surface area contributed by atoms with E-state index in [0.717, 1.165) is 16.6 Å². The summed E-state index contributed by atoms with van der Waals surface area (Å²) in [5.74, 6) is 0.0600. The third-order valence-corrected chi connectivity index (χ3v) is 6.52. The molecule has 0 aromatic carbocycles. The summed E-state index contributed by atoms with van der Waals surface area (Å²) in [7, 11) is 1.52. The Morgan fingerprint density at radius 3 is 2.83 bits per heavy atom. The van der Waals surface area contributed by atoms with Crippen LogP contribution in [0, 0.1) is 5.92 Å². The molecule has 0 unspecified atom stereocenters. The molecule has 1 fully saturated rings. The van der Waals surface area contributed by atoms with Gasteiger partial charge in [0.05, 0.1) is 48.0 Å². The molecule has 0 aliphatic carbocycles. The fraction of sp³-hybridized carbons (Fsp3) is 0.292. The lowest BCUT2D eigenvalue weighted by molar-refractivity contribution is -0.126. The number of piperidine rings is 1. The van der Waals surface area contributed by atoms with Gasteiger partial charge in [0.25, 0.3) is 5.91 Å². The van der Waals surface area contributed by atoms with Gasteiger partial charge in [-0.1, -0.05) is 11.6 Å². The number of carbonyl (C=O) groups excluding carboxylic acids is 2. The Balaban J connectivity index is 1.16. The molecule has 1 saturated heterocycles. The molecule has 0 bridgehead atoms. The molecule has 1 aliphatic rings. The normalized spacial score (nSPS) is 14.3. The SMILES string of the molecule is COc1cc(-c2cc(C(=O)N3CCC(C(=O)NCc4cc5cc[nH]c5cn4)CC3)n[nH]2)c(Cl)cn1. The first-order valence-electron chi connectivity index (χ1n) is 11.3. The predicted octanol–water partition coefficient (Wildman–Crippen LogP) is 3.18. The average Bonchev–Trinajstić information content (AvgIpc) is 3.57. The molecule has 1 aliphatic heterocycles. The molecule has 2 amide bonds. The molecule has 180 valence electrons. The third-order valence-electron chi connectivity index (χ3n) is 6.22. The van der Waals surface area contributed by atoms with E-state index in [9.17, 15) is 9.59 Å². The van der Waals surface area contributed by atoms with Gasteiger partial charge in [-0.3, -0.25) is 19.7 Å². The van der Waals surface area contributed by atoms with Crippen molar-refractivity contribution in [1.29, 1.82) is 0 Å². The minimum atomic E-state index is -0.187. The summed E-state index contributed by atoms with van der Waals surface area (Å²) in [6.07, 6.45) is 6.29. The van der Waals surface area contributed by atoms with E-state index in [1.54, 1.807) is 23.2 Å². The van der Waals surface area contributed by atoms with Gasteiger partial charge in [-0.15, -0.1) is 0 Å². The van der Waals surface area contributed by atoms with Crippen LogP contribution >= 0.6 is 11.6 Å². The zero-order chi connectivity index (χ0) is 24.4. The van der Waals surface area contributed by atoms with Crippen molar-refractivity contribution < 1.29 is 14.3 Å². The summed E-state index contributed by atoms with van der Waals surface area (Å²) in [4.78, 5) is 38.9. The molecule has 35 heavy (non-hydrogen) atoms. The number of nitrogens with one attached hydrogen (secondary N) is 3. The summed E-state index contributed by atoms with van der Waals surface area (Å²) in [5.41, 5.74) is 3.30. The molecule has 10 nitrogen and oxygen atoms in total. The molecule has 0 atom stereocenters. The van der Waals surface area contributed by atoms with Gasteiger partial charge in [-0.2, -0.15) is 5.10 Å². The summed E-state index contributed by atoms with van der Waals surface area (Å²) >= 11 is 6.25. The lowest BCUT2D eigenvalue weighted by atomic mass is 9.95. The standard InChI is InChI=1S/C24H24ClN7O3/c1-35-22-9-17(18(25)12-28-22)19-10-20(31-30-19)24(34)32-6-3-14(4-7-32)23(33)29-11-16-8-15-2-5-26-21(15)13-27-16/h2,5,8-10,12-14,26H,3-4,6-7,11H2,1H3,(H,29,33)(H,30,31). The zero-order valence-corrected chi connectivity index (χ0v) is 19.8. The first-order chi connectivity index (χ1) is 17.0. The van der Waals surface area contributed by atoms with Crippen LogP contribution in [0.15, 0.2) is 42.9 Å². The number of rotatable bonds is 6. The van der Waals surface area contributed by atoms with E-state index in [1.807, 2.05) is 18.3 Å². The predicted molar refractivity (Wildman–Crippen MR) is 130 cm³/mol. The third kappa shape index (κ3) is 4.83. The Bertz CT molecular complexity index is 1370.